The Morgan fingerprint density at radius 3 is 2.55 bits per heavy atom. The van der Waals surface area contributed by atoms with Crippen molar-refractivity contribution in [2.24, 2.45) is 0 Å². The van der Waals surface area contributed by atoms with Crippen LogP contribution in [0.2, 0.25) is 0 Å². The van der Waals surface area contributed by atoms with E-state index in [0.29, 0.717) is 23.1 Å². The number of halogens is 1. The van der Waals surface area contributed by atoms with Gasteiger partial charge in [0.2, 0.25) is 5.91 Å². The maximum Gasteiger partial charge on any atom is 0.270 e. The van der Waals surface area contributed by atoms with Crippen LogP contribution in [0.4, 0.5) is 11.4 Å². The van der Waals surface area contributed by atoms with Gasteiger partial charge in [-0.2, -0.15) is 0 Å². The first-order valence-corrected chi connectivity index (χ1v) is 6.97. The summed E-state index contributed by atoms with van der Waals surface area (Å²) >= 11 is 3.21. The summed E-state index contributed by atoms with van der Waals surface area (Å²) in [6.07, 6.45) is 0.334. The van der Waals surface area contributed by atoms with Gasteiger partial charge in [0.1, 0.15) is 0 Å². The van der Waals surface area contributed by atoms with Gasteiger partial charge in [-0.3, -0.25) is 14.9 Å². The monoisotopic (exact) mass is 343 g/mol. The molecule has 0 heterocycles. The molecule has 1 aromatic carbocycles. The normalized spacial score (nSPS) is 11.2. The molecule has 0 aliphatic carbocycles. The van der Waals surface area contributed by atoms with Crippen molar-refractivity contribution in [2.75, 3.05) is 11.9 Å². The summed E-state index contributed by atoms with van der Waals surface area (Å²) in [5.41, 5.74) is 0.467. The van der Waals surface area contributed by atoms with E-state index in [2.05, 4.69) is 26.6 Å². The number of nitro benzene ring substituents is 1. The number of rotatable bonds is 5. The number of amides is 1. The van der Waals surface area contributed by atoms with Gasteiger partial charge < -0.3 is 10.6 Å². The van der Waals surface area contributed by atoms with E-state index in [1.165, 1.54) is 18.2 Å². The molecule has 1 rings (SSSR count). The molecule has 110 valence electrons. The molecule has 0 aromatic heterocycles. The van der Waals surface area contributed by atoms with E-state index in [0.717, 1.165) is 0 Å². The number of hydrogen-bond acceptors (Lipinski definition) is 4. The number of nitro groups is 1. The highest BCUT2D eigenvalue weighted by atomic mass is 79.9. The lowest BCUT2D eigenvalue weighted by atomic mass is 10.1. The fraction of sp³-hybridized carbons (Fsp3) is 0.462. The van der Waals surface area contributed by atoms with Crippen LogP contribution in [0.15, 0.2) is 22.7 Å². The fourth-order valence-electron chi connectivity index (χ4n) is 1.48. The first-order chi connectivity index (χ1) is 9.19. The van der Waals surface area contributed by atoms with Crippen LogP contribution in [0.25, 0.3) is 0 Å². The molecule has 0 atom stereocenters. The van der Waals surface area contributed by atoms with Crippen LogP contribution >= 0.6 is 15.9 Å². The number of nitrogens with zero attached hydrogens (tertiary/aromatic N) is 1. The average molecular weight is 344 g/mol. The van der Waals surface area contributed by atoms with Crippen molar-refractivity contribution in [3.63, 3.8) is 0 Å². The third-order valence-corrected chi connectivity index (χ3v) is 3.10. The molecular formula is C13H18BrN3O3. The second-order valence-corrected chi connectivity index (χ2v) is 6.25. The van der Waals surface area contributed by atoms with E-state index in [1.807, 2.05) is 20.8 Å². The predicted octanol–water partition coefficient (Wildman–Crippen LogP) is 3.07. The summed E-state index contributed by atoms with van der Waals surface area (Å²) in [6.45, 7) is 6.65. The lowest BCUT2D eigenvalue weighted by molar-refractivity contribution is -0.384. The average Bonchev–Trinajstić information content (AvgIpc) is 2.29. The summed E-state index contributed by atoms with van der Waals surface area (Å²) in [5.74, 6) is -0.142. The maximum absolute atomic E-state index is 11.8. The number of nitrogens with one attached hydrogen (secondary N) is 2. The molecule has 0 radical (unpaired) electrons. The van der Waals surface area contributed by atoms with E-state index in [4.69, 9.17) is 0 Å². The van der Waals surface area contributed by atoms with Crippen LogP contribution in [0, 0.1) is 10.1 Å². The zero-order valence-electron chi connectivity index (χ0n) is 11.7. The topological polar surface area (TPSA) is 84.3 Å². The quantitative estimate of drug-likeness (QED) is 0.635. The van der Waals surface area contributed by atoms with Crippen LogP contribution in [-0.2, 0) is 4.79 Å². The molecule has 0 bridgehead atoms. The van der Waals surface area contributed by atoms with Gasteiger partial charge in [-0.15, -0.1) is 0 Å². The summed E-state index contributed by atoms with van der Waals surface area (Å²) in [6, 6.07) is 4.23. The lowest BCUT2D eigenvalue weighted by Gasteiger charge is -2.20. The van der Waals surface area contributed by atoms with Gasteiger partial charge in [-0.1, -0.05) is 0 Å². The van der Waals surface area contributed by atoms with E-state index in [1.54, 1.807) is 0 Å². The Kier molecular flexibility index (Phi) is 5.64. The van der Waals surface area contributed by atoms with Crippen molar-refractivity contribution in [1.29, 1.82) is 0 Å². The molecule has 7 heteroatoms. The third-order valence-electron chi connectivity index (χ3n) is 2.44. The second-order valence-electron chi connectivity index (χ2n) is 5.40. The standard InChI is InChI=1S/C13H18BrN3O3/c1-13(2,3)15-7-6-12(18)16-11-5-4-9(17(19)20)8-10(11)14/h4-5,8,15H,6-7H2,1-3H3,(H,16,18). The first kappa shape index (κ1) is 16.6. The van der Waals surface area contributed by atoms with Gasteiger partial charge in [0.15, 0.2) is 0 Å². The molecule has 20 heavy (non-hydrogen) atoms. The second kappa shape index (κ2) is 6.81. The molecule has 1 aromatic rings. The molecule has 1 amide bonds. The first-order valence-electron chi connectivity index (χ1n) is 6.18. The number of non-ortho nitro benzene ring substituents is 1. The minimum atomic E-state index is -0.483. The molecule has 0 saturated heterocycles. The predicted molar refractivity (Wildman–Crippen MR) is 81.8 cm³/mol. The van der Waals surface area contributed by atoms with Gasteiger partial charge in [-0.05, 0) is 42.8 Å². The van der Waals surface area contributed by atoms with Crippen LogP contribution in [0.5, 0.6) is 0 Å². The summed E-state index contributed by atoms with van der Waals surface area (Å²) in [4.78, 5) is 21.9. The van der Waals surface area contributed by atoms with E-state index in [9.17, 15) is 14.9 Å². The Balaban J connectivity index is 2.56. The Labute approximate surface area is 126 Å². The van der Waals surface area contributed by atoms with Crippen LogP contribution in [0.3, 0.4) is 0 Å². The molecule has 2 N–H and O–H groups in total. The Hall–Kier alpha value is -1.47. The third kappa shape index (κ3) is 5.66. The van der Waals surface area contributed by atoms with Gasteiger partial charge in [0, 0.05) is 35.1 Å². The smallest absolute Gasteiger partial charge is 0.270 e. The molecule has 0 unspecified atom stereocenters. The van der Waals surface area contributed by atoms with E-state index < -0.39 is 4.92 Å². The molecule has 0 saturated carbocycles. The number of anilines is 1. The number of carbonyl (C=O) groups is 1. The van der Waals surface area contributed by atoms with Crippen LogP contribution in [0.1, 0.15) is 27.2 Å². The van der Waals surface area contributed by atoms with Crippen molar-refractivity contribution in [3.8, 4) is 0 Å². The fourth-order valence-corrected chi connectivity index (χ4v) is 1.95. The van der Waals surface area contributed by atoms with Gasteiger partial charge in [-0.25, -0.2) is 0 Å². The lowest BCUT2D eigenvalue weighted by Crippen LogP contribution is -2.37. The van der Waals surface area contributed by atoms with Crippen molar-refractivity contribution < 1.29 is 9.72 Å². The highest BCUT2D eigenvalue weighted by Crippen LogP contribution is 2.27. The largest absolute Gasteiger partial charge is 0.325 e. The van der Waals surface area contributed by atoms with Gasteiger partial charge >= 0.3 is 0 Å². The molecule has 0 aliphatic heterocycles. The van der Waals surface area contributed by atoms with Crippen LogP contribution < -0.4 is 10.6 Å². The Morgan fingerprint density at radius 1 is 1.40 bits per heavy atom. The van der Waals surface area contributed by atoms with Crippen molar-refractivity contribution >= 4 is 33.2 Å². The summed E-state index contributed by atoms with van der Waals surface area (Å²) < 4.78 is 0.490. The minimum Gasteiger partial charge on any atom is -0.325 e. The molecule has 0 spiro atoms. The Bertz CT molecular complexity index is 512. The maximum atomic E-state index is 11.8. The SMILES string of the molecule is CC(C)(C)NCCC(=O)Nc1ccc([N+](=O)[O-])cc1Br. The number of benzene rings is 1. The minimum absolute atomic E-state index is 0.0238. The Morgan fingerprint density at radius 2 is 2.05 bits per heavy atom. The van der Waals surface area contributed by atoms with Crippen molar-refractivity contribution in [1.82, 2.24) is 5.32 Å². The zero-order valence-corrected chi connectivity index (χ0v) is 13.3. The summed E-state index contributed by atoms with van der Waals surface area (Å²) in [5, 5.41) is 16.5. The van der Waals surface area contributed by atoms with E-state index >= 15 is 0 Å². The highest BCUT2D eigenvalue weighted by Gasteiger charge is 2.12. The number of carbonyl (C=O) groups excluding carboxylic acids is 1. The van der Waals surface area contributed by atoms with Crippen molar-refractivity contribution in [3.05, 3.63) is 32.8 Å². The van der Waals surface area contributed by atoms with Gasteiger partial charge in [0.05, 0.1) is 10.6 Å². The van der Waals surface area contributed by atoms with Gasteiger partial charge in [0.25, 0.3) is 5.69 Å². The molecular weight excluding hydrogens is 326 g/mol. The van der Waals surface area contributed by atoms with Crippen LogP contribution in [-0.4, -0.2) is 22.9 Å². The number of hydrogen-bond donors (Lipinski definition) is 2. The molecule has 0 fully saturated rings. The van der Waals surface area contributed by atoms with E-state index in [-0.39, 0.29) is 17.1 Å². The molecule has 6 nitrogen and oxygen atoms in total. The van der Waals surface area contributed by atoms with Crippen molar-refractivity contribution in [2.45, 2.75) is 32.7 Å². The zero-order chi connectivity index (χ0) is 15.3. The highest BCUT2D eigenvalue weighted by molar-refractivity contribution is 9.10. The summed E-state index contributed by atoms with van der Waals surface area (Å²) in [7, 11) is 0. The molecule has 0 aliphatic rings.